The van der Waals surface area contributed by atoms with E-state index in [0.29, 0.717) is 16.5 Å². The Morgan fingerprint density at radius 3 is 2.29 bits per heavy atom. The van der Waals surface area contributed by atoms with Crippen molar-refractivity contribution in [1.82, 2.24) is 0 Å². The molecule has 9 heteroatoms. The fourth-order valence-electron chi connectivity index (χ4n) is 1.85. The first-order chi connectivity index (χ1) is 11.3. The van der Waals surface area contributed by atoms with Crippen LogP contribution in [0.25, 0.3) is 0 Å². The van der Waals surface area contributed by atoms with Crippen LogP contribution >= 0.6 is 11.6 Å². The lowest BCUT2D eigenvalue weighted by molar-refractivity contribution is 0.102. The van der Waals surface area contributed by atoms with Crippen LogP contribution in [0.4, 0.5) is 14.5 Å². The van der Waals surface area contributed by atoms with Crippen molar-refractivity contribution in [2.24, 2.45) is 0 Å². The number of methoxy groups -OCH3 is 1. The molecular weight excluding hydrogens is 364 g/mol. The van der Waals surface area contributed by atoms with Crippen LogP contribution in [0.15, 0.2) is 47.4 Å². The number of amides is 1. The zero-order valence-corrected chi connectivity index (χ0v) is 13.9. The van der Waals surface area contributed by atoms with Gasteiger partial charge >= 0.3 is 5.76 Å². The molecule has 1 N–H and O–H groups in total. The van der Waals surface area contributed by atoms with Crippen molar-refractivity contribution in [3.05, 3.63) is 53.1 Å². The minimum absolute atomic E-state index is 0.107. The molecule has 0 saturated heterocycles. The van der Waals surface area contributed by atoms with Crippen LogP contribution in [-0.2, 0) is 9.84 Å². The molecule has 0 aromatic heterocycles. The molecule has 0 atom stereocenters. The smallest absolute Gasteiger partial charge is 0.341 e. The maximum absolute atomic E-state index is 12.5. The Labute approximate surface area is 142 Å². The van der Waals surface area contributed by atoms with E-state index >= 15 is 0 Å². The predicted molar refractivity (Wildman–Crippen MR) is 85.6 cm³/mol. The number of anilines is 1. The first-order valence-corrected chi connectivity index (χ1v) is 8.45. The van der Waals surface area contributed by atoms with Gasteiger partial charge in [0.2, 0.25) is 9.84 Å². The summed E-state index contributed by atoms with van der Waals surface area (Å²) in [5.74, 6) is -3.62. The van der Waals surface area contributed by atoms with E-state index in [2.05, 4.69) is 5.32 Å². The summed E-state index contributed by atoms with van der Waals surface area (Å²) in [7, 11) is -3.24. The number of rotatable bonds is 5. The first kappa shape index (κ1) is 18.2. The normalized spacial score (nSPS) is 11.4. The number of benzene rings is 2. The lowest BCUT2D eigenvalue weighted by Crippen LogP contribution is -2.14. The quantitative estimate of drug-likeness (QED) is 0.866. The van der Waals surface area contributed by atoms with Crippen LogP contribution < -0.4 is 10.1 Å². The predicted octanol–water partition coefficient (Wildman–Crippen LogP) is 3.60. The number of hydrogen-bond donors (Lipinski definition) is 1. The third-order valence-electron chi connectivity index (χ3n) is 3.09. The van der Waals surface area contributed by atoms with Gasteiger partial charge in [0, 0.05) is 11.3 Å². The van der Waals surface area contributed by atoms with Crippen molar-refractivity contribution in [3.63, 3.8) is 0 Å². The van der Waals surface area contributed by atoms with E-state index < -0.39 is 26.4 Å². The van der Waals surface area contributed by atoms with Crippen molar-refractivity contribution >= 4 is 33.0 Å². The molecule has 0 aliphatic heterocycles. The SMILES string of the molecule is COc1ccc(NC(=O)c2ccc(S(=O)(=O)C(F)F)cc2)cc1Cl. The third-order valence-corrected chi connectivity index (χ3v) is 4.78. The van der Waals surface area contributed by atoms with Crippen LogP contribution in [-0.4, -0.2) is 27.2 Å². The molecule has 0 saturated carbocycles. The van der Waals surface area contributed by atoms with Crippen LogP contribution in [0, 0.1) is 0 Å². The molecule has 24 heavy (non-hydrogen) atoms. The largest absolute Gasteiger partial charge is 0.495 e. The Kier molecular flexibility index (Phi) is 5.40. The van der Waals surface area contributed by atoms with E-state index in [1.54, 1.807) is 12.1 Å². The molecule has 2 aromatic carbocycles. The molecule has 1 amide bonds. The summed E-state index contributed by atoms with van der Waals surface area (Å²) in [5, 5.41) is 2.85. The van der Waals surface area contributed by atoms with Gasteiger partial charge in [-0.3, -0.25) is 4.79 Å². The molecule has 2 rings (SSSR count). The Morgan fingerprint density at radius 2 is 1.79 bits per heavy atom. The van der Waals surface area contributed by atoms with Gasteiger partial charge in [0.05, 0.1) is 17.0 Å². The number of alkyl halides is 2. The summed E-state index contributed by atoms with van der Waals surface area (Å²) in [6.45, 7) is 0. The lowest BCUT2D eigenvalue weighted by atomic mass is 10.2. The summed E-state index contributed by atoms with van der Waals surface area (Å²) in [5.41, 5.74) is 0.505. The fraction of sp³-hybridized carbons (Fsp3) is 0.133. The van der Waals surface area contributed by atoms with Crippen molar-refractivity contribution in [2.75, 3.05) is 12.4 Å². The van der Waals surface area contributed by atoms with E-state index in [1.165, 1.54) is 13.2 Å². The molecule has 0 aliphatic rings. The number of carbonyl (C=O) groups is 1. The highest BCUT2D eigenvalue weighted by atomic mass is 35.5. The first-order valence-electron chi connectivity index (χ1n) is 6.52. The van der Waals surface area contributed by atoms with E-state index in [4.69, 9.17) is 16.3 Å². The van der Waals surface area contributed by atoms with Gasteiger partial charge in [-0.15, -0.1) is 0 Å². The average molecular weight is 376 g/mol. The molecule has 128 valence electrons. The monoisotopic (exact) mass is 375 g/mol. The number of carbonyl (C=O) groups excluding carboxylic acids is 1. The Bertz CT molecular complexity index is 854. The molecular formula is C15H12ClF2NO4S. The molecule has 0 spiro atoms. The van der Waals surface area contributed by atoms with Crippen molar-refractivity contribution in [3.8, 4) is 5.75 Å². The van der Waals surface area contributed by atoms with E-state index in [9.17, 15) is 22.0 Å². The van der Waals surface area contributed by atoms with Crippen LogP contribution in [0.2, 0.25) is 5.02 Å². The highest BCUT2D eigenvalue weighted by molar-refractivity contribution is 7.91. The molecule has 0 fully saturated rings. The van der Waals surface area contributed by atoms with Gasteiger partial charge < -0.3 is 10.1 Å². The van der Waals surface area contributed by atoms with Gasteiger partial charge in [-0.05, 0) is 42.5 Å². The van der Waals surface area contributed by atoms with Crippen molar-refractivity contribution < 1.29 is 26.7 Å². The molecule has 0 unspecified atom stereocenters. The molecule has 5 nitrogen and oxygen atoms in total. The zero-order chi connectivity index (χ0) is 17.9. The zero-order valence-electron chi connectivity index (χ0n) is 12.3. The molecule has 0 heterocycles. The number of nitrogens with one attached hydrogen (secondary N) is 1. The second-order valence-corrected chi connectivity index (χ2v) is 6.96. The lowest BCUT2D eigenvalue weighted by Gasteiger charge is -2.09. The maximum atomic E-state index is 12.5. The van der Waals surface area contributed by atoms with Gasteiger partial charge in [-0.2, -0.15) is 8.78 Å². The van der Waals surface area contributed by atoms with Gasteiger partial charge in [-0.1, -0.05) is 11.6 Å². The van der Waals surface area contributed by atoms with Gasteiger partial charge in [-0.25, -0.2) is 8.42 Å². The highest BCUT2D eigenvalue weighted by Crippen LogP contribution is 2.27. The second kappa shape index (κ2) is 7.14. The number of halogens is 3. The van der Waals surface area contributed by atoms with Gasteiger partial charge in [0.25, 0.3) is 5.91 Å². The van der Waals surface area contributed by atoms with E-state index in [1.807, 2.05) is 0 Å². The summed E-state index contributed by atoms with van der Waals surface area (Å²) in [6, 6.07) is 8.82. The number of hydrogen-bond acceptors (Lipinski definition) is 4. The van der Waals surface area contributed by atoms with Crippen LogP contribution in [0.5, 0.6) is 5.75 Å². The number of ether oxygens (including phenoxy) is 1. The average Bonchev–Trinajstić information content (AvgIpc) is 2.55. The van der Waals surface area contributed by atoms with E-state index in [0.717, 1.165) is 24.3 Å². The molecule has 0 bridgehead atoms. The summed E-state index contributed by atoms with van der Waals surface area (Å²) < 4.78 is 52.6. The molecule has 0 aliphatic carbocycles. The standard InChI is InChI=1S/C15H12ClF2NO4S/c1-23-13-7-4-10(8-12(13)16)19-14(20)9-2-5-11(6-3-9)24(21,22)15(17)18/h2-8,15H,1H3,(H,19,20). The Balaban J connectivity index is 2.18. The van der Waals surface area contributed by atoms with Crippen LogP contribution in [0.1, 0.15) is 10.4 Å². The van der Waals surface area contributed by atoms with Crippen molar-refractivity contribution in [2.45, 2.75) is 10.7 Å². The third kappa shape index (κ3) is 3.82. The minimum Gasteiger partial charge on any atom is -0.495 e. The van der Waals surface area contributed by atoms with Gasteiger partial charge in [0.15, 0.2) is 0 Å². The summed E-state index contributed by atoms with van der Waals surface area (Å²) in [4.78, 5) is 11.5. The highest BCUT2D eigenvalue weighted by Gasteiger charge is 2.26. The second-order valence-electron chi connectivity index (χ2n) is 4.63. The summed E-state index contributed by atoms with van der Waals surface area (Å²) >= 11 is 5.95. The van der Waals surface area contributed by atoms with Gasteiger partial charge in [0.1, 0.15) is 5.75 Å². The molecule has 2 aromatic rings. The number of sulfone groups is 1. The summed E-state index contributed by atoms with van der Waals surface area (Å²) in [6.07, 6.45) is 0. The van der Waals surface area contributed by atoms with Crippen molar-refractivity contribution in [1.29, 1.82) is 0 Å². The minimum atomic E-state index is -4.69. The maximum Gasteiger partial charge on any atom is 0.341 e. The van der Waals surface area contributed by atoms with Crippen LogP contribution in [0.3, 0.4) is 0 Å². The Hall–Kier alpha value is -2.19. The molecule has 0 radical (unpaired) electrons. The van der Waals surface area contributed by atoms with E-state index in [-0.39, 0.29) is 5.56 Å². The fourth-order valence-corrected chi connectivity index (χ4v) is 2.83. The topological polar surface area (TPSA) is 72.5 Å². The Morgan fingerprint density at radius 1 is 1.17 bits per heavy atom.